The summed E-state index contributed by atoms with van der Waals surface area (Å²) in [6, 6.07) is 8.94. The van der Waals surface area contributed by atoms with Crippen molar-refractivity contribution in [2.24, 2.45) is 5.92 Å². The monoisotopic (exact) mass is 258 g/mol. The standard InChI is InChI=1S/C17H26N2/c1-14-4-3-5-15(12-14)8-10-19-11-9-18-17(2,13-19)16-6-7-16/h3-5,12,16,18H,6-11,13H2,1-2H3. The molecule has 2 aliphatic rings. The fraction of sp³-hybridized carbons (Fsp3) is 0.647. The lowest BCUT2D eigenvalue weighted by Gasteiger charge is -2.42. The van der Waals surface area contributed by atoms with E-state index in [4.69, 9.17) is 0 Å². The maximum atomic E-state index is 3.75. The van der Waals surface area contributed by atoms with Crippen LogP contribution in [0.3, 0.4) is 0 Å². The molecule has 2 fully saturated rings. The number of aryl methyl sites for hydroxylation is 1. The first-order chi connectivity index (χ1) is 9.16. The Morgan fingerprint density at radius 1 is 1.37 bits per heavy atom. The van der Waals surface area contributed by atoms with Crippen molar-refractivity contribution in [2.45, 2.75) is 38.6 Å². The predicted octanol–water partition coefficient (Wildman–Crippen LogP) is 2.61. The molecule has 1 unspecified atom stereocenters. The summed E-state index contributed by atoms with van der Waals surface area (Å²) in [5.74, 6) is 0.925. The molecule has 0 bridgehead atoms. The molecular weight excluding hydrogens is 232 g/mol. The summed E-state index contributed by atoms with van der Waals surface area (Å²) < 4.78 is 0. The number of piperazine rings is 1. The molecule has 104 valence electrons. The molecule has 2 nitrogen and oxygen atoms in total. The molecule has 0 aromatic heterocycles. The number of benzene rings is 1. The topological polar surface area (TPSA) is 15.3 Å². The molecule has 3 rings (SSSR count). The quantitative estimate of drug-likeness (QED) is 0.893. The van der Waals surface area contributed by atoms with Crippen LogP contribution in [0.25, 0.3) is 0 Å². The number of rotatable bonds is 4. The van der Waals surface area contributed by atoms with E-state index >= 15 is 0 Å². The predicted molar refractivity (Wildman–Crippen MR) is 80.5 cm³/mol. The van der Waals surface area contributed by atoms with Gasteiger partial charge in [0.2, 0.25) is 0 Å². The van der Waals surface area contributed by atoms with Crippen molar-refractivity contribution < 1.29 is 0 Å². The molecule has 1 N–H and O–H groups in total. The van der Waals surface area contributed by atoms with Crippen LogP contribution in [0, 0.1) is 12.8 Å². The molecule has 1 aliphatic carbocycles. The Morgan fingerprint density at radius 3 is 2.95 bits per heavy atom. The van der Waals surface area contributed by atoms with E-state index in [0.29, 0.717) is 5.54 Å². The van der Waals surface area contributed by atoms with E-state index in [9.17, 15) is 0 Å². The first kappa shape index (κ1) is 13.1. The second kappa shape index (κ2) is 5.26. The summed E-state index contributed by atoms with van der Waals surface area (Å²) in [7, 11) is 0. The Labute approximate surface area is 117 Å². The van der Waals surface area contributed by atoms with Crippen LogP contribution in [0.4, 0.5) is 0 Å². The molecule has 19 heavy (non-hydrogen) atoms. The molecule has 2 heteroatoms. The third-order valence-electron chi connectivity index (χ3n) is 4.79. The second-order valence-electron chi connectivity index (χ2n) is 6.63. The van der Waals surface area contributed by atoms with Gasteiger partial charge in [0.15, 0.2) is 0 Å². The maximum Gasteiger partial charge on any atom is 0.0309 e. The van der Waals surface area contributed by atoms with Crippen LogP contribution in [0.2, 0.25) is 0 Å². The highest BCUT2D eigenvalue weighted by atomic mass is 15.2. The summed E-state index contributed by atoms with van der Waals surface area (Å²) in [5.41, 5.74) is 3.23. The lowest BCUT2D eigenvalue weighted by molar-refractivity contribution is 0.128. The van der Waals surface area contributed by atoms with Crippen molar-refractivity contribution in [1.29, 1.82) is 0 Å². The minimum absolute atomic E-state index is 0.380. The van der Waals surface area contributed by atoms with Gasteiger partial charge >= 0.3 is 0 Å². The lowest BCUT2D eigenvalue weighted by Crippen LogP contribution is -2.60. The zero-order valence-electron chi connectivity index (χ0n) is 12.3. The molecule has 1 aromatic carbocycles. The molecule has 1 heterocycles. The van der Waals surface area contributed by atoms with Crippen LogP contribution in [-0.4, -0.2) is 36.6 Å². The fourth-order valence-corrected chi connectivity index (χ4v) is 3.44. The number of hydrogen-bond acceptors (Lipinski definition) is 2. The van der Waals surface area contributed by atoms with E-state index in [2.05, 4.69) is 48.3 Å². The Hall–Kier alpha value is -0.860. The average molecular weight is 258 g/mol. The summed E-state index contributed by atoms with van der Waals surface area (Å²) in [5, 5.41) is 3.75. The summed E-state index contributed by atoms with van der Waals surface area (Å²) in [4.78, 5) is 2.65. The smallest absolute Gasteiger partial charge is 0.0309 e. The molecular formula is C17H26N2. The van der Waals surface area contributed by atoms with Gasteiger partial charge in [0, 0.05) is 31.7 Å². The lowest BCUT2D eigenvalue weighted by atomic mass is 9.92. The van der Waals surface area contributed by atoms with E-state index in [1.165, 1.54) is 50.0 Å². The van der Waals surface area contributed by atoms with Gasteiger partial charge in [-0.3, -0.25) is 4.90 Å². The van der Waals surface area contributed by atoms with Crippen LogP contribution in [0.15, 0.2) is 24.3 Å². The van der Waals surface area contributed by atoms with E-state index in [-0.39, 0.29) is 0 Å². The van der Waals surface area contributed by atoms with E-state index in [1.54, 1.807) is 0 Å². The molecule has 1 aliphatic heterocycles. The van der Waals surface area contributed by atoms with Crippen molar-refractivity contribution >= 4 is 0 Å². The SMILES string of the molecule is Cc1cccc(CCN2CCNC(C)(C3CC3)C2)c1. The van der Waals surface area contributed by atoms with Crippen LogP contribution in [-0.2, 0) is 6.42 Å². The van der Waals surface area contributed by atoms with Gasteiger partial charge in [0.05, 0.1) is 0 Å². The van der Waals surface area contributed by atoms with Crippen molar-refractivity contribution in [1.82, 2.24) is 10.2 Å². The minimum atomic E-state index is 0.380. The Morgan fingerprint density at radius 2 is 2.21 bits per heavy atom. The normalized spacial score (nSPS) is 28.5. The molecule has 0 spiro atoms. The first-order valence-electron chi connectivity index (χ1n) is 7.69. The highest BCUT2D eigenvalue weighted by molar-refractivity contribution is 5.22. The van der Waals surface area contributed by atoms with Gasteiger partial charge < -0.3 is 5.32 Å². The fourth-order valence-electron chi connectivity index (χ4n) is 3.44. The Balaban J connectivity index is 1.55. The summed E-state index contributed by atoms with van der Waals surface area (Å²) >= 11 is 0. The zero-order valence-corrected chi connectivity index (χ0v) is 12.3. The second-order valence-corrected chi connectivity index (χ2v) is 6.63. The van der Waals surface area contributed by atoms with Gasteiger partial charge in [0.25, 0.3) is 0 Å². The van der Waals surface area contributed by atoms with E-state index in [1.807, 2.05) is 0 Å². The molecule has 0 radical (unpaired) electrons. The van der Waals surface area contributed by atoms with Gasteiger partial charge in [-0.25, -0.2) is 0 Å². The van der Waals surface area contributed by atoms with Gasteiger partial charge in [0.1, 0.15) is 0 Å². The van der Waals surface area contributed by atoms with E-state index < -0.39 is 0 Å². The summed E-state index contributed by atoms with van der Waals surface area (Å²) in [6.07, 6.45) is 4.03. The molecule has 1 aromatic rings. The van der Waals surface area contributed by atoms with Crippen LogP contribution in [0.1, 0.15) is 30.9 Å². The number of hydrogen-bond donors (Lipinski definition) is 1. The van der Waals surface area contributed by atoms with Crippen molar-refractivity contribution in [2.75, 3.05) is 26.2 Å². The van der Waals surface area contributed by atoms with Gasteiger partial charge in [-0.15, -0.1) is 0 Å². The number of nitrogens with one attached hydrogen (secondary N) is 1. The largest absolute Gasteiger partial charge is 0.309 e. The third-order valence-corrected chi connectivity index (χ3v) is 4.79. The molecule has 1 saturated carbocycles. The van der Waals surface area contributed by atoms with Gasteiger partial charge in [-0.05, 0) is 44.6 Å². The van der Waals surface area contributed by atoms with Crippen molar-refractivity contribution in [3.63, 3.8) is 0 Å². The minimum Gasteiger partial charge on any atom is -0.309 e. The van der Waals surface area contributed by atoms with Crippen LogP contribution in [0.5, 0.6) is 0 Å². The van der Waals surface area contributed by atoms with Crippen LogP contribution < -0.4 is 5.32 Å². The van der Waals surface area contributed by atoms with Crippen molar-refractivity contribution in [3.05, 3.63) is 35.4 Å². The van der Waals surface area contributed by atoms with E-state index in [0.717, 1.165) is 12.5 Å². The third kappa shape index (κ3) is 3.18. The van der Waals surface area contributed by atoms with Crippen molar-refractivity contribution in [3.8, 4) is 0 Å². The summed E-state index contributed by atoms with van der Waals surface area (Å²) in [6.45, 7) is 9.38. The Kier molecular flexibility index (Phi) is 3.64. The van der Waals surface area contributed by atoms with Crippen LogP contribution >= 0.6 is 0 Å². The highest BCUT2D eigenvalue weighted by Crippen LogP contribution is 2.40. The molecule has 0 amide bonds. The van der Waals surface area contributed by atoms with Gasteiger partial charge in [-0.2, -0.15) is 0 Å². The molecule has 1 atom stereocenters. The average Bonchev–Trinajstić information content (AvgIpc) is 3.21. The number of nitrogens with zero attached hydrogens (tertiary/aromatic N) is 1. The first-order valence-corrected chi connectivity index (χ1v) is 7.69. The molecule has 1 saturated heterocycles. The zero-order chi connectivity index (χ0) is 13.3. The highest BCUT2D eigenvalue weighted by Gasteiger charge is 2.43. The van der Waals surface area contributed by atoms with Gasteiger partial charge in [-0.1, -0.05) is 29.8 Å². The maximum absolute atomic E-state index is 3.75. The Bertz CT molecular complexity index is 439.